The Hall–Kier alpha value is -1.65. The molecule has 1 aliphatic rings. The monoisotopic (exact) mass is 284 g/mol. The number of benzene rings is 1. The summed E-state index contributed by atoms with van der Waals surface area (Å²) in [5.41, 5.74) is 8.77. The van der Waals surface area contributed by atoms with Gasteiger partial charge >= 0.3 is 0 Å². The number of aromatic nitrogens is 2. The predicted octanol–water partition coefficient (Wildman–Crippen LogP) is 2.74. The van der Waals surface area contributed by atoms with Gasteiger partial charge in [0.2, 0.25) is 0 Å². The zero-order valence-electron chi connectivity index (χ0n) is 13.0. The minimum absolute atomic E-state index is 0.119. The maximum Gasteiger partial charge on any atom is 0.0645 e. The number of hydrogen-bond donors (Lipinski definition) is 1. The highest BCUT2D eigenvalue weighted by Crippen LogP contribution is 2.36. The zero-order valence-corrected chi connectivity index (χ0v) is 13.0. The molecule has 2 aromatic rings. The second-order valence-electron chi connectivity index (χ2n) is 6.82. The summed E-state index contributed by atoms with van der Waals surface area (Å²) in [6, 6.07) is 10.6. The molecule has 1 saturated heterocycles. The van der Waals surface area contributed by atoms with Gasteiger partial charge in [-0.15, -0.1) is 0 Å². The van der Waals surface area contributed by atoms with Crippen LogP contribution in [0.15, 0.2) is 42.7 Å². The molecule has 0 bridgehead atoms. The van der Waals surface area contributed by atoms with Gasteiger partial charge in [-0.05, 0) is 39.3 Å². The lowest BCUT2D eigenvalue weighted by molar-refractivity contribution is 0.117. The first-order valence-corrected chi connectivity index (χ1v) is 7.59. The van der Waals surface area contributed by atoms with Crippen LogP contribution in [0.1, 0.15) is 38.8 Å². The Morgan fingerprint density at radius 1 is 1.19 bits per heavy atom. The average Bonchev–Trinajstić information content (AvgIpc) is 3.05. The number of rotatable bonds is 2. The molecule has 0 saturated carbocycles. The smallest absolute Gasteiger partial charge is 0.0645 e. The lowest BCUT2D eigenvalue weighted by atomic mass is 9.99. The normalized spacial score (nSPS) is 23.6. The van der Waals surface area contributed by atoms with Gasteiger partial charge in [-0.1, -0.05) is 18.2 Å². The minimum Gasteiger partial charge on any atom is -0.326 e. The number of hydrogen-bond acceptors (Lipinski definition) is 3. The molecule has 1 aromatic heterocycles. The Morgan fingerprint density at radius 2 is 1.90 bits per heavy atom. The molecule has 2 atom stereocenters. The summed E-state index contributed by atoms with van der Waals surface area (Å²) in [6.45, 7) is 7.80. The number of likely N-dealkylation sites (tertiary alicyclic amines) is 1. The molecule has 112 valence electrons. The summed E-state index contributed by atoms with van der Waals surface area (Å²) in [7, 11) is 0. The third kappa shape index (κ3) is 2.74. The van der Waals surface area contributed by atoms with E-state index in [9.17, 15) is 0 Å². The topological polar surface area (TPSA) is 47.1 Å². The molecule has 1 aliphatic heterocycles. The molecule has 3 rings (SSSR count). The molecule has 1 fully saturated rings. The molecule has 1 aromatic carbocycles. The first-order valence-electron chi connectivity index (χ1n) is 7.59. The van der Waals surface area contributed by atoms with Gasteiger partial charge < -0.3 is 5.73 Å². The fraction of sp³-hybridized carbons (Fsp3) is 0.471. The van der Waals surface area contributed by atoms with Crippen LogP contribution in [0.5, 0.6) is 0 Å². The van der Waals surface area contributed by atoms with Crippen LogP contribution in [0.3, 0.4) is 0 Å². The first kappa shape index (κ1) is 14.3. The summed E-state index contributed by atoms with van der Waals surface area (Å²) in [6.07, 6.45) is 5.12. The molecule has 0 radical (unpaired) electrons. The van der Waals surface area contributed by atoms with Gasteiger partial charge in [0.15, 0.2) is 0 Å². The Labute approximate surface area is 126 Å². The van der Waals surface area contributed by atoms with Gasteiger partial charge in [-0.2, -0.15) is 5.10 Å². The van der Waals surface area contributed by atoms with Gasteiger partial charge in [0, 0.05) is 29.9 Å². The minimum atomic E-state index is 0.119. The van der Waals surface area contributed by atoms with Crippen molar-refractivity contribution in [2.45, 2.75) is 44.8 Å². The van der Waals surface area contributed by atoms with Crippen LogP contribution in [-0.4, -0.2) is 32.8 Å². The summed E-state index contributed by atoms with van der Waals surface area (Å²) in [5.74, 6) is 0. The number of para-hydroxylation sites is 1. The van der Waals surface area contributed by atoms with Crippen molar-refractivity contribution in [2.75, 3.05) is 6.54 Å². The van der Waals surface area contributed by atoms with Gasteiger partial charge in [0.1, 0.15) is 0 Å². The molecular formula is C17H24N4. The molecule has 0 spiro atoms. The quantitative estimate of drug-likeness (QED) is 0.922. The second-order valence-corrected chi connectivity index (χ2v) is 6.82. The van der Waals surface area contributed by atoms with Gasteiger partial charge in [0.05, 0.1) is 17.9 Å². The van der Waals surface area contributed by atoms with Crippen molar-refractivity contribution < 1.29 is 0 Å². The van der Waals surface area contributed by atoms with Crippen molar-refractivity contribution in [3.63, 3.8) is 0 Å². The van der Waals surface area contributed by atoms with E-state index >= 15 is 0 Å². The van der Waals surface area contributed by atoms with Crippen molar-refractivity contribution in [2.24, 2.45) is 5.73 Å². The third-order valence-electron chi connectivity index (χ3n) is 4.27. The molecule has 2 unspecified atom stereocenters. The van der Waals surface area contributed by atoms with Crippen molar-refractivity contribution >= 4 is 0 Å². The molecule has 2 heterocycles. The number of nitrogens with zero attached hydrogens (tertiary/aromatic N) is 3. The van der Waals surface area contributed by atoms with Crippen LogP contribution in [0.4, 0.5) is 0 Å². The standard InChI is InChI=1S/C17H24N4/c1-17(2,3)20-10-9-15(18)16(20)13-11-19-21(12-13)14-7-5-4-6-8-14/h4-8,11-12,15-16H,9-10,18H2,1-3H3. The summed E-state index contributed by atoms with van der Waals surface area (Å²) in [4.78, 5) is 2.49. The van der Waals surface area contributed by atoms with E-state index in [1.165, 1.54) is 5.56 Å². The first-order chi connectivity index (χ1) is 9.97. The Balaban J connectivity index is 1.92. The summed E-state index contributed by atoms with van der Waals surface area (Å²) in [5, 5.41) is 4.52. The predicted molar refractivity (Wildman–Crippen MR) is 85.4 cm³/mol. The van der Waals surface area contributed by atoms with Gasteiger partial charge in [-0.25, -0.2) is 4.68 Å². The van der Waals surface area contributed by atoms with Crippen molar-refractivity contribution in [1.82, 2.24) is 14.7 Å². The maximum absolute atomic E-state index is 6.37. The highest BCUT2D eigenvalue weighted by Gasteiger charge is 2.39. The lowest BCUT2D eigenvalue weighted by Gasteiger charge is -2.37. The van der Waals surface area contributed by atoms with Gasteiger partial charge in [-0.3, -0.25) is 4.90 Å². The van der Waals surface area contributed by atoms with E-state index in [0.717, 1.165) is 18.7 Å². The van der Waals surface area contributed by atoms with Crippen molar-refractivity contribution in [1.29, 1.82) is 0 Å². The van der Waals surface area contributed by atoms with E-state index in [0.29, 0.717) is 0 Å². The van der Waals surface area contributed by atoms with E-state index in [1.54, 1.807) is 0 Å². The average molecular weight is 284 g/mol. The summed E-state index contributed by atoms with van der Waals surface area (Å²) >= 11 is 0. The van der Waals surface area contributed by atoms with Crippen LogP contribution >= 0.6 is 0 Å². The Morgan fingerprint density at radius 3 is 2.57 bits per heavy atom. The SMILES string of the molecule is CC(C)(C)N1CCC(N)C1c1cnn(-c2ccccc2)c1. The maximum atomic E-state index is 6.37. The largest absolute Gasteiger partial charge is 0.326 e. The van der Waals surface area contributed by atoms with E-state index in [4.69, 9.17) is 5.73 Å². The van der Waals surface area contributed by atoms with Crippen LogP contribution in [0.25, 0.3) is 5.69 Å². The third-order valence-corrected chi connectivity index (χ3v) is 4.27. The summed E-state index contributed by atoms with van der Waals surface area (Å²) < 4.78 is 1.93. The molecular weight excluding hydrogens is 260 g/mol. The fourth-order valence-electron chi connectivity index (χ4n) is 3.21. The molecule has 0 amide bonds. The van der Waals surface area contributed by atoms with Crippen molar-refractivity contribution in [3.05, 3.63) is 48.3 Å². The molecule has 0 aliphatic carbocycles. The lowest BCUT2D eigenvalue weighted by Crippen LogP contribution is -2.43. The van der Waals surface area contributed by atoms with E-state index in [2.05, 4.69) is 49.1 Å². The Kier molecular flexibility index (Phi) is 3.59. The Bertz CT molecular complexity index is 597. The fourth-order valence-corrected chi connectivity index (χ4v) is 3.21. The van der Waals surface area contributed by atoms with E-state index in [-0.39, 0.29) is 17.6 Å². The highest BCUT2D eigenvalue weighted by atomic mass is 15.3. The molecule has 4 nitrogen and oxygen atoms in total. The van der Waals surface area contributed by atoms with Crippen molar-refractivity contribution in [3.8, 4) is 5.69 Å². The van der Waals surface area contributed by atoms with Crippen LogP contribution in [0.2, 0.25) is 0 Å². The second kappa shape index (κ2) is 5.28. The molecule has 2 N–H and O–H groups in total. The zero-order chi connectivity index (χ0) is 15.0. The molecule has 21 heavy (non-hydrogen) atoms. The van der Waals surface area contributed by atoms with Gasteiger partial charge in [0.25, 0.3) is 0 Å². The number of nitrogens with two attached hydrogens (primary N) is 1. The van der Waals surface area contributed by atoms with E-state index in [1.807, 2.05) is 29.1 Å². The van der Waals surface area contributed by atoms with E-state index < -0.39 is 0 Å². The highest BCUT2D eigenvalue weighted by molar-refractivity contribution is 5.32. The van der Waals surface area contributed by atoms with Crippen LogP contribution in [0, 0.1) is 0 Å². The molecule has 4 heteroatoms. The van der Waals surface area contributed by atoms with Crippen LogP contribution in [-0.2, 0) is 0 Å². The van der Waals surface area contributed by atoms with Crippen LogP contribution < -0.4 is 5.73 Å².